The van der Waals surface area contributed by atoms with Crippen molar-refractivity contribution in [1.29, 1.82) is 0 Å². The fourth-order valence-electron chi connectivity index (χ4n) is 6.60. The van der Waals surface area contributed by atoms with Gasteiger partial charge in [0, 0.05) is 43.4 Å². The Balaban J connectivity index is 1.47. The van der Waals surface area contributed by atoms with E-state index in [9.17, 15) is 14.7 Å². The second kappa shape index (κ2) is 15.3. The lowest BCUT2D eigenvalue weighted by Crippen LogP contribution is -2.43. The molecule has 3 aliphatic heterocycles. The van der Waals surface area contributed by atoms with Crippen LogP contribution in [0, 0.1) is 6.92 Å². The van der Waals surface area contributed by atoms with Gasteiger partial charge in [-0.25, -0.2) is 4.79 Å². The number of carbonyl (C=O) groups excluding carboxylic acids is 2. The van der Waals surface area contributed by atoms with Crippen molar-refractivity contribution in [1.82, 2.24) is 10.2 Å². The van der Waals surface area contributed by atoms with Crippen LogP contribution in [0.15, 0.2) is 84.3 Å². The molecule has 0 spiro atoms. The summed E-state index contributed by atoms with van der Waals surface area (Å²) in [5.74, 6) is -1.93. The number of hydrogen-bond donors (Lipinski definition) is 2. The maximum Gasteiger partial charge on any atom is 0.334 e. The van der Waals surface area contributed by atoms with Crippen LogP contribution in [0.25, 0.3) is 0 Å². The zero-order chi connectivity index (χ0) is 36.0. The summed E-state index contributed by atoms with van der Waals surface area (Å²) in [6, 6.07) is 17.5. The van der Waals surface area contributed by atoms with Gasteiger partial charge in [0.25, 0.3) is 11.7 Å². The number of amides is 1. The summed E-state index contributed by atoms with van der Waals surface area (Å²) in [5.41, 5.74) is 0.801. The molecule has 3 heterocycles. The third-order valence-corrected chi connectivity index (χ3v) is 9.18. The summed E-state index contributed by atoms with van der Waals surface area (Å²) < 4.78 is 45.9. The molecule has 51 heavy (non-hydrogen) atoms. The molecule has 3 aromatic rings. The second-order valence-corrected chi connectivity index (χ2v) is 12.2. The predicted octanol–water partition coefficient (Wildman–Crippen LogP) is 3.31. The lowest BCUT2D eigenvalue weighted by molar-refractivity contribution is -0.187. The Morgan fingerprint density at radius 2 is 1.69 bits per heavy atom. The first-order valence-corrected chi connectivity index (χ1v) is 16.5. The van der Waals surface area contributed by atoms with E-state index in [-0.39, 0.29) is 53.5 Å². The maximum absolute atomic E-state index is 13.3. The monoisotopic (exact) mass is 702 g/mol. The maximum atomic E-state index is 13.3. The molecule has 1 saturated heterocycles. The first-order valence-electron chi connectivity index (χ1n) is 16.5. The molecule has 1 fully saturated rings. The topological polar surface area (TPSA) is 143 Å². The average molecular weight is 703 g/mol. The number of cyclic esters (lactones) is 1. The van der Waals surface area contributed by atoms with Crippen LogP contribution in [0.3, 0.4) is 0 Å². The molecule has 0 saturated carbocycles. The van der Waals surface area contributed by atoms with Crippen LogP contribution < -0.4 is 24.3 Å². The van der Waals surface area contributed by atoms with E-state index in [2.05, 4.69) is 10.2 Å². The summed E-state index contributed by atoms with van der Waals surface area (Å²) >= 11 is 0. The van der Waals surface area contributed by atoms with Crippen LogP contribution in [-0.2, 0) is 39.7 Å². The van der Waals surface area contributed by atoms with Gasteiger partial charge in [0.2, 0.25) is 12.5 Å². The van der Waals surface area contributed by atoms with Crippen LogP contribution in [0.1, 0.15) is 22.3 Å². The highest BCUT2D eigenvalue weighted by Crippen LogP contribution is 2.57. The van der Waals surface area contributed by atoms with Crippen LogP contribution in [-0.4, -0.2) is 96.0 Å². The van der Waals surface area contributed by atoms with Gasteiger partial charge >= 0.3 is 5.97 Å². The minimum atomic E-state index is -2.28. The Labute approximate surface area is 296 Å². The Bertz CT molecular complexity index is 1780. The van der Waals surface area contributed by atoms with Crippen molar-refractivity contribution < 1.29 is 52.6 Å². The molecule has 2 unspecified atom stereocenters. The van der Waals surface area contributed by atoms with Gasteiger partial charge in [-0.05, 0) is 54.4 Å². The second-order valence-electron chi connectivity index (χ2n) is 12.2. The molecule has 2 N–H and O–H groups in total. The minimum absolute atomic E-state index is 0.116. The van der Waals surface area contributed by atoms with E-state index in [4.69, 9.17) is 37.9 Å². The molecular weight excluding hydrogens is 660 g/mol. The Hall–Kier alpha value is -5.24. The normalized spacial score (nSPS) is 19.8. The van der Waals surface area contributed by atoms with E-state index in [0.717, 1.165) is 18.7 Å². The van der Waals surface area contributed by atoms with Gasteiger partial charge in [-0.15, -0.1) is 0 Å². The van der Waals surface area contributed by atoms with Gasteiger partial charge in [0.05, 0.1) is 34.5 Å². The zero-order valence-corrected chi connectivity index (χ0v) is 29.1. The number of nitrogens with zero attached hydrogens (tertiary/aromatic N) is 1. The Morgan fingerprint density at radius 3 is 2.33 bits per heavy atom. The Kier molecular flexibility index (Phi) is 10.7. The first-order chi connectivity index (χ1) is 24.7. The number of benzene rings is 3. The van der Waals surface area contributed by atoms with Crippen molar-refractivity contribution in [3.8, 4) is 23.0 Å². The van der Waals surface area contributed by atoms with Gasteiger partial charge < -0.3 is 48.3 Å². The summed E-state index contributed by atoms with van der Waals surface area (Å²) in [4.78, 5) is 28.5. The van der Waals surface area contributed by atoms with Crippen molar-refractivity contribution in [2.45, 2.75) is 18.1 Å². The van der Waals surface area contributed by atoms with Crippen molar-refractivity contribution in [2.75, 3.05) is 74.1 Å². The third-order valence-electron chi connectivity index (χ3n) is 9.18. The summed E-state index contributed by atoms with van der Waals surface area (Å²) in [6.45, 7) is 5.59. The van der Waals surface area contributed by atoms with Gasteiger partial charge in [-0.2, -0.15) is 0 Å². The van der Waals surface area contributed by atoms with E-state index < -0.39 is 17.2 Å². The summed E-state index contributed by atoms with van der Waals surface area (Å²) in [6.07, 6.45) is 2.70. The molecule has 270 valence electrons. The average Bonchev–Trinajstić information content (AvgIpc) is 3.80. The molecule has 0 bridgehead atoms. The molecule has 13 heteroatoms. The molecule has 6 rings (SSSR count). The fourth-order valence-corrected chi connectivity index (χ4v) is 6.60. The van der Waals surface area contributed by atoms with Crippen LogP contribution in [0.5, 0.6) is 23.0 Å². The highest BCUT2D eigenvalue weighted by molar-refractivity contribution is 5.89. The standard InChI is InChI=1S/C38H42N2O11/c1-25-5-7-26(8-6-25)37(33-22-48-24-50-33,32-21-35(42)51-38(32,43)27-9-11-29(44-2)12-10-27)28-19-30(45-3)36(46-4)31(20-28)49-23-34(41)39-13-14-40-15-17-47-18-16-40/h5-12,19-22,43H,13-18,23-24H2,1-4H3,(H,39,41). The van der Waals surface area contributed by atoms with Crippen molar-refractivity contribution in [3.63, 3.8) is 0 Å². The van der Waals surface area contributed by atoms with E-state index in [1.807, 2.05) is 31.2 Å². The number of carbonyl (C=O) groups is 2. The molecule has 3 aliphatic rings. The SMILES string of the molecule is COc1ccc(C2(O)OC(=O)C=C2C(C2=COCO2)(c2ccc(C)cc2)c2cc(OC)c(OC)c(OCC(=O)NCCN3CCOCC3)c2)cc1. The smallest absolute Gasteiger partial charge is 0.334 e. The molecule has 0 aromatic heterocycles. The van der Waals surface area contributed by atoms with E-state index >= 15 is 0 Å². The Morgan fingerprint density at radius 1 is 0.961 bits per heavy atom. The zero-order valence-electron chi connectivity index (χ0n) is 29.1. The van der Waals surface area contributed by atoms with Crippen molar-refractivity contribution in [3.05, 3.63) is 107 Å². The number of allylic oxidation sites excluding steroid dienone is 1. The number of nitrogens with one attached hydrogen (secondary N) is 1. The van der Waals surface area contributed by atoms with Gasteiger partial charge in [0.15, 0.2) is 23.9 Å². The number of methoxy groups -OCH3 is 3. The number of rotatable bonds is 14. The van der Waals surface area contributed by atoms with Crippen molar-refractivity contribution in [2.24, 2.45) is 0 Å². The number of aliphatic hydroxyl groups is 1. The highest BCUT2D eigenvalue weighted by Gasteiger charge is 2.58. The van der Waals surface area contributed by atoms with E-state index in [0.29, 0.717) is 43.2 Å². The molecule has 0 radical (unpaired) electrons. The minimum Gasteiger partial charge on any atom is -0.497 e. The van der Waals surface area contributed by atoms with E-state index in [1.54, 1.807) is 36.4 Å². The van der Waals surface area contributed by atoms with Crippen LogP contribution in [0.4, 0.5) is 0 Å². The molecule has 3 aromatic carbocycles. The number of morpholine rings is 1. The van der Waals surface area contributed by atoms with Gasteiger partial charge in [-0.1, -0.05) is 29.8 Å². The van der Waals surface area contributed by atoms with Crippen molar-refractivity contribution >= 4 is 11.9 Å². The predicted molar refractivity (Wildman–Crippen MR) is 183 cm³/mol. The third kappa shape index (κ3) is 7.05. The lowest BCUT2D eigenvalue weighted by Gasteiger charge is -2.41. The van der Waals surface area contributed by atoms with Gasteiger partial charge in [-0.3, -0.25) is 9.69 Å². The number of aryl methyl sites for hydroxylation is 1. The van der Waals surface area contributed by atoms with Crippen LogP contribution in [0.2, 0.25) is 0 Å². The highest BCUT2D eigenvalue weighted by atomic mass is 16.7. The number of esters is 1. The quantitative estimate of drug-likeness (QED) is 0.238. The largest absolute Gasteiger partial charge is 0.497 e. The fraction of sp³-hybridized carbons (Fsp3) is 0.368. The molecule has 13 nitrogen and oxygen atoms in total. The molecule has 2 atom stereocenters. The summed E-state index contributed by atoms with van der Waals surface area (Å²) in [5, 5.41) is 15.5. The molecule has 1 amide bonds. The number of ether oxygens (including phenoxy) is 8. The molecular formula is C38H42N2O11. The van der Waals surface area contributed by atoms with Crippen LogP contribution >= 0.6 is 0 Å². The lowest BCUT2D eigenvalue weighted by atomic mass is 9.64. The van der Waals surface area contributed by atoms with E-state index in [1.165, 1.54) is 33.7 Å². The summed E-state index contributed by atoms with van der Waals surface area (Å²) in [7, 11) is 4.47. The number of hydrogen-bond acceptors (Lipinski definition) is 12. The van der Waals surface area contributed by atoms with Gasteiger partial charge in [0.1, 0.15) is 17.4 Å². The first kappa shape index (κ1) is 35.6. The molecule has 0 aliphatic carbocycles.